The molecule has 0 saturated carbocycles. The Morgan fingerprint density at radius 1 is 0.650 bits per heavy atom. The van der Waals surface area contributed by atoms with Gasteiger partial charge in [0.15, 0.2) is 19.7 Å². The highest BCUT2D eigenvalue weighted by Crippen LogP contribution is 2.35. The van der Waals surface area contributed by atoms with Crippen LogP contribution in [0, 0.1) is 42.7 Å². The molecule has 4 rings (SSSR count). The number of carbonyl (C=O) groups is 1. The molecule has 1 N–H and O–H groups in total. The van der Waals surface area contributed by atoms with Crippen molar-refractivity contribution in [1.29, 1.82) is 0 Å². The van der Waals surface area contributed by atoms with Crippen LogP contribution in [0.2, 0.25) is 0 Å². The third-order valence-electron chi connectivity index (χ3n) is 10.8. The maximum atomic E-state index is 13.9. The molecule has 0 radical (unpaired) electrons. The maximum Gasteiger partial charge on any atom is 0.269 e. The normalized spacial score (nSPS) is 13.7. The van der Waals surface area contributed by atoms with Crippen LogP contribution in [0.15, 0.2) is 94.7 Å². The Hall–Kier alpha value is -4.93. The fourth-order valence-corrected chi connectivity index (χ4v) is 11.5. The maximum absolute atomic E-state index is 13.9. The first kappa shape index (κ1) is 49.4. The summed E-state index contributed by atoms with van der Waals surface area (Å²) in [6, 6.07) is 18.6. The number of aliphatic hydroxyl groups excluding tert-OH is 1. The molecule has 0 saturated heterocycles. The molecule has 0 fully saturated rings. The summed E-state index contributed by atoms with van der Waals surface area (Å²) >= 11 is 0. The van der Waals surface area contributed by atoms with E-state index in [0.29, 0.717) is 36.8 Å². The number of sulfone groups is 2. The summed E-state index contributed by atoms with van der Waals surface area (Å²) in [5, 5.41) is 32.0. The number of unbranched alkanes of at least 4 members (excludes halogenated alkanes) is 2. The van der Waals surface area contributed by atoms with Crippen LogP contribution in [-0.2, 0) is 37.3 Å². The van der Waals surface area contributed by atoms with Crippen LogP contribution < -0.4 is 0 Å². The van der Waals surface area contributed by atoms with Crippen molar-refractivity contribution in [3.63, 3.8) is 0 Å². The van der Waals surface area contributed by atoms with Crippen molar-refractivity contribution >= 4 is 37.3 Å². The quantitative estimate of drug-likeness (QED) is 0.0344. The summed E-state index contributed by atoms with van der Waals surface area (Å²) < 4.78 is 80.9. The fourth-order valence-electron chi connectivity index (χ4n) is 7.11. The summed E-state index contributed by atoms with van der Waals surface area (Å²) in [5.74, 6) is -1.77. The van der Waals surface area contributed by atoms with E-state index in [-0.39, 0.29) is 63.2 Å². The number of non-ortho nitro benzene ring substituents is 2. The molecule has 60 heavy (non-hydrogen) atoms. The van der Waals surface area contributed by atoms with E-state index >= 15 is 0 Å². The molecular formula is C44H54F2N2O10S2. The molecule has 0 aromatic heterocycles. The SMILES string of the molecule is CCCC[C@@](C=O)(CC)CS(=O)(=O)c1ccc(F)cc1Cc1cccc([N+](=O)[O-])c1.CCCC[C@](CC)(CO)CS(=O)(=O)c1ccc(F)cc1Cc1cccc([N+](=O)[O-])c1. The summed E-state index contributed by atoms with van der Waals surface area (Å²) in [5.41, 5.74) is -0.527. The van der Waals surface area contributed by atoms with Gasteiger partial charge in [0.1, 0.15) is 17.9 Å². The lowest BCUT2D eigenvalue weighted by Gasteiger charge is -2.30. The summed E-state index contributed by atoms with van der Waals surface area (Å²) in [7, 11) is -7.73. The monoisotopic (exact) mass is 872 g/mol. The van der Waals surface area contributed by atoms with Crippen LogP contribution in [0.25, 0.3) is 0 Å². The van der Waals surface area contributed by atoms with Crippen molar-refractivity contribution in [2.45, 2.75) is 102 Å². The van der Waals surface area contributed by atoms with E-state index in [9.17, 15) is 55.7 Å². The smallest absolute Gasteiger partial charge is 0.269 e. The second kappa shape index (κ2) is 22.1. The van der Waals surface area contributed by atoms with E-state index < -0.39 is 52.0 Å². The highest BCUT2D eigenvalue weighted by atomic mass is 32.2. The van der Waals surface area contributed by atoms with Gasteiger partial charge in [0, 0.05) is 41.7 Å². The van der Waals surface area contributed by atoms with Gasteiger partial charge in [-0.1, -0.05) is 77.6 Å². The van der Waals surface area contributed by atoms with E-state index in [4.69, 9.17) is 0 Å². The first-order valence-corrected chi connectivity index (χ1v) is 23.2. The zero-order valence-electron chi connectivity index (χ0n) is 34.4. The number of hydrogen-bond donors (Lipinski definition) is 1. The Morgan fingerprint density at radius 3 is 1.48 bits per heavy atom. The van der Waals surface area contributed by atoms with Crippen molar-refractivity contribution in [1.82, 2.24) is 0 Å². The Bertz CT molecular complexity index is 2330. The third kappa shape index (κ3) is 13.5. The van der Waals surface area contributed by atoms with Crippen molar-refractivity contribution in [3.05, 3.63) is 139 Å². The molecule has 0 amide bonds. The van der Waals surface area contributed by atoms with Gasteiger partial charge in [0.2, 0.25) is 0 Å². The highest BCUT2D eigenvalue weighted by Gasteiger charge is 2.36. The third-order valence-corrected chi connectivity index (χ3v) is 14.9. The number of rotatable bonds is 22. The molecule has 326 valence electrons. The Balaban J connectivity index is 0.000000320. The predicted molar refractivity (Wildman–Crippen MR) is 226 cm³/mol. The zero-order valence-corrected chi connectivity index (χ0v) is 36.1. The molecular weight excluding hydrogens is 819 g/mol. The van der Waals surface area contributed by atoms with Gasteiger partial charge in [-0.2, -0.15) is 0 Å². The number of nitro benzene ring substituents is 2. The van der Waals surface area contributed by atoms with Crippen LogP contribution in [0.1, 0.15) is 101 Å². The van der Waals surface area contributed by atoms with Gasteiger partial charge < -0.3 is 9.90 Å². The second-order valence-corrected chi connectivity index (χ2v) is 19.2. The molecule has 0 unspecified atom stereocenters. The van der Waals surface area contributed by atoms with Gasteiger partial charge in [-0.15, -0.1) is 0 Å². The van der Waals surface area contributed by atoms with Crippen LogP contribution >= 0.6 is 0 Å². The van der Waals surface area contributed by atoms with Crippen LogP contribution in [0.3, 0.4) is 0 Å². The first-order chi connectivity index (χ1) is 28.3. The molecule has 4 aromatic rings. The van der Waals surface area contributed by atoms with Gasteiger partial charge in [-0.3, -0.25) is 20.2 Å². The fraction of sp³-hybridized carbons (Fsp3) is 0.432. The second-order valence-electron chi connectivity index (χ2n) is 15.3. The number of hydrogen-bond acceptors (Lipinski definition) is 10. The minimum atomic E-state index is -3.90. The van der Waals surface area contributed by atoms with Crippen molar-refractivity contribution in [2.24, 2.45) is 10.8 Å². The zero-order chi connectivity index (χ0) is 44.7. The number of nitrogens with zero attached hydrogens (tertiary/aromatic N) is 2. The van der Waals surface area contributed by atoms with E-state index in [1.807, 2.05) is 20.8 Å². The van der Waals surface area contributed by atoms with Crippen molar-refractivity contribution < 1.29 is 45.4 Å². The number of benzene rings is 4. The predicted octanol–water partition coefficient (Wildman–Crippen LogP) is 9.56. The summed E-state index contributed by atoms with van der Waals surface area (Å²) in [6.07, 6.45) is 5.97. The molecule has 16 heteroatoms. The average Bonchev–Trinajstić information content (AvgIpc) is 3.21. The molecule has 0 bridgehead atoms. The minimum Gasteiger partial charge on any atom is -0.396 e. The Kier molecular flexibility index (Phi) is 18.2. The van der Waals surface area contributed by atoms with Gasteiger partial charge in [0.25, 0.3) is 11.4 Å². The molecule has 0 aliphatic heterocycles. The van der Waals surface area contributed by atoms with Gasteiger partial charge in [-0.05, 0) is 97.2 Å². The number of aliphatic hydroxyl groups is 1. The van der Waals surface area contributed by atoms with Crippen LogP contribution in [-0.4, -0.2) is 56.2 Å². The Labute approximate surface area is 351 Å². The molecule has 0 spiro atoms. The van der Waals surface area contributed by atoms with Crippen molar-refractivity contribution in [2.75, 3.05) is 18.1 Å². The van der Waals surface area contributed by atoms with Gasteiger partial charge in [0.05, 0.1) is 31.1 Å². The molecule has 0 aliphatic rings. The molecule has 0 heterocycles. The van der Waals surface area contributed by atoms with E-state index in [1.54, 1.807) is 19.1 Å². The molecule has 12 nitrogen and oxygen atoms in total. The van der Waals surface area contributed by atoms with E-state index in [0.717, 1.165) is 56.2 Å². The summed E-state index contributed by atoms with van der Waals surface area (Å²) in [6.45, 7) is 7.37. The van der Waals surface area contributed by atoms with Crippen LogP contribution in [0.4, 0.5) is 20.2 Å². The lowest BCUT2D eigenvalue weighted by molar-refractivity contribution is -0.385. The number of carbonyl (C=O) groups excluding carboxylic acids is 1. The standard InChI is InChI=1S/C22H28FNO5S.C22H26FNO5S/c2*1-3-5-11-22(4-2,15-25)16-30(28,29)21-10-9-19(23)14-18(21)12-17-7-6-8-20(13-17)24(26)27/h6-10,13-14,25H,3-5,11-12,15-16H2,1-2H3;6-10,13-15H,3-5,11-12,16H2,1-2H3/t2*22-/m11/s1. The minimum absolute atomic E-state index is 0.00169. The van der Waals surface area contributed by atoms with Gasteiger partial charge >= 0.3 is 0 Å². The van der Waals surface area contributed by atoms with E-state index in [1.165, 1.54) is 48.5 Å². The number of nitro groups is 2. The first-order valence-electron chi connectivity index (χ1n) is 19.9. The van der Waals surface area contributed by atoms with Crippen molar-refractivity contribution in [3.8, 4) is 0 Å². The topological polar surface area (TPSA) is 192 Å². The number of halogens is 2. The molecule has 0 aliphatic carbocycles. The average molecular weight is 873 g/mol. The summed E-state index contributed by atoms with van der Waals surface area (Å²) in [4.78, 5) is 32.7. The Morgan fingerprint density at radius 2 is 1.10 bits per heavy atom. The molecule has 4 aromatic carbocycles. The lowest BCUT2D eigenvalue weighted by Crippen LogP contribution is -2.34. The largest absolute Gasteiger partial charge is 0.396 e. The number of aldehydes is 1. The lowest BCUT2D eigenvalue weighted by atomic mass is 9.83. The molecule has 2 atom stereocenters. The van der Waals surface area contributed by atoms with E-state index in [2.05, 4.69) is 0 Å². The highest BCUT2D eigenvalue weighted by molar-refractivity contribution is 7.91. The van der Waals surface area contributed by atoms with Crippen LogP contribution in [0.5, 0.6) is 0 Å². The van der Waals surface area contributed by atoms with Gasteiger partial charge in [-0.25, -0.2) is 25.6 Å².